The lowest BCUT2D eigenvalue weighted by atomic mass is 9.97. The van der Waals surface area contributed by atoms with Crippen LogP contribution in [-0.4, -0.2) is 68.6 Å². The first-order valence-electron chi connectivity index (χ1n) is 17.6. The highest BCUT2D eigenvalue weighted by Gasteiger charge is 2.34. The number of urea groups is 1. The number of carbonyl (C=O) groups is 2. The molecule has 1 fully saturated rings. The van der Waals surface area contributed by atoms with E-state index in [9.17, 15) is 14.7 Å². The number of hydrogen-bond donors (Lipinski definition) is 3. The lowest BCUT2D eigenvalue weighted by molar-refractivity contribution is -0.253. The number of rotatable bonds is 13. The average Bonchev–Trinajstić information content (AvgIpc) is 3.19. The minimum atomic E-state index is -0.817. The van der Waals surface area contributed by atoms with Crippen LogP contribution >= 0.6 is 0 Å². The summed E-state index contributed by atoms with van der Waals surface area (Å²) in [6, 6.07) is 28.0. The lowest BCUT2D eigenvalue weighted by Crippen LogP contribution is -2.47. The van der Waals surface area contributed by atoms with Crippen LogP contribution in [-0.2, 0) is 51.5 Å². The van der Waals surface area contributed by atoms with Gasteiger partial charge in [-0.2, -0.15) is 0 Å². The Labute approximate surface area is 304 Å². The standard InChI is InChI=1S/C41H47N3O8/c1-48-37-20-32-17-18-44(24-33(32)21-38(37)49-2)25-34-22-36(30-13-11-29(26-45)12-14-30)52-40(51-34)31-15-9-28(10-16-31)23-42-41(47)43-35(39(46)50-3)19-27-7-5-4-6-8-27/h4-16,20-21,34-36,40,45H,17-19,22-26H2,1-3H3,(H2,42,43,47)/t34-,35-,36+,40+/m0/s1. The molecule has 0 aromatic heterocycles. The molecule has 4 atom stereocenters. The Morgan fingerprint density at radius 3 is 2.19 bits per heavy atom. The predicted molar refractivity (Wildman–Crippen MR) is 195 cm³/mol. The maximum atomic E-state index is 12.8. The van der Waals surface area contributed by atoms with Gasteiger partial charge in [-0.15, -0.1) is 0 Å². The Morgan fingerprint density at radius 1 is 0.846 bits per heavy atom. The van der Waals surface area contributed by atoms with Crippen LogP contribution in [0, 0.1) is 0 Å². The summed E-state index contributed by atoms with van der Waals surface area (Å²) < 4.78 is 29.2. The van der Waals surface area contributed by atoms with Gasteiger partial charge in [-0.25, -0.2) is 9.59 Å². The molecule has 2 aliphatic rings. The number of aliphatic hydroxyl groups is 1. The van der Waals surface area contributed by atoms with Crippen LogP contribution in [0.1, 0.15) is 57.8 Å². The number of methoxy groups -OCH3 is 3. The summed E-state index contributed by atoms with van der Waals surface area (Å²) in [5.41, 5.74) is 7.01. The molecule has 0 saturated carbocycles. The molecule has 6 rings (SSSR count). The fourth-order valence-corrected chi connectivity index (χ4v) is 6.79. The van der Waals surface area contributed by atoms with Crippen molar-refractivity contribution in [3.8, 4) is 11.5 Å². The van der Waals surface area contributed by atoms with Gasteiger partial charge in [0.15, 0.2) is 17.8 Å². The molecule has 2 amide bonds. The predicted octanol–water partition coefficient (Wildman–Crippen LogP) is 5.38. The Kier molecular flexibility index (Phi) is 12.4. The van der Waals surface area contributed by atoms with Crippen LogP contribution in [0.2, 0.25) is 0 Å². The highest BCUT2D eigenvalue weighted by molar-refractivity contribution is 5.83. The first-order valence-corrected chi connectivity index (χ1v) is 17.6. The van der Waals surface area contributed by atoms with Gasteiger partial charge < -0.3 is 39.4 Å². The highest BCUT2D eigenvalue weighted by atomic mass is 16.7. The normalized spacial score (nSPS) is 19.2. The summed E-state index contributed by atoms with van der Waals surface area (Å²) in [5, 5.41) is 15.2. The second-order valence-corrected chi connectivity index (χ2v) is 13.1. The molecule has 4 aromatic rings. The molecule has 0 bridgehead atoms. The van der Waals surface area contributed by atoms with Gasteiger partial charge in [0.2, 0.25) is 0 Å². The summed E-state index contributed by atoms with van der Waals surface area (Å²) in [4.78, 5) is 27.6. The first-order chi connectivity index (χ1) is 25.3. The molecule has 2 heterocycles. The van der Waals surface area contributed by atoms with Crippen molar-refractivity contribution < 1.29 is 38.4 Å². The van der Waals surface area contributed by atoms with Crippen molar-refractivity contribution in [3.05, 3.63) is 130 Å². The Balaban J connectivity index is 1.11. The Morgan fingerprint density at radius 2 is 1.52 bits per heavy atom. The van der Waals surface area contributed by atoms with Gasteiger partial charge in [0, 0.05) is 44.6 Å². The Hall–Kier alpha value is -4.94. The fraction of sp³-hybridized carbons (Fsp3) is 0.366. The molecule has 0 radical (unpaired) electrons. The molecule has 1 saturated heterocycles. The molecule has 11 heteroatoms. The fourth-order valence-electron chi connectivity index (χ4n) is 6.79. The van der Waals surface area contributed by atoms with Crippen molar-refractivity contribution in [2.75, 3.05) is 34.4 Å². The smallest absolute Gasteiger partial charge is 0.328 e. The highest BCUT2D eigenvalue weighted by Crippen LogP contribution is 2.39. The largest absolute Gasteiger partial charge is 0.493 e. The SMILES string of the molecule is COC(=O)[C@H](Cc1ccccc1)NC(=O)NCc1ccc([C@@H]2O[C@H](CN3CCc4cc(OC)c(OC)cc4C3)C[C@H](c3ccc(CO)cc3)O2)cc1. The Bertz CT molecular complexity index is 1780. The van der Waals surface area contributed by atoms with Crippen molar-refractivity contribution in [2.45, 2.75) is 63.5 Å². The number of hydrogen-bond acceptors (Lipinski definition) is 9. The molecule has 3 N–H and O–H groups in total. The number of nitrogens with one attached hydrogen (secondary N) is 2. The van der Waals surface area contributed by atoms with Gasteiger partial charge in [-0.3, -0.25) is 4.90 Å². The van der Waals surface area contributed by atoms with Crippen molar-refractivity contribution in [2.24, 2.45) is 0 Å². The van der Waals surface area contributed by atoms with E-state index in [1.54, 1.807) is 14.2 Å². The van der Waals surface area contributed by atoms with E-state index in [0.29, 0.717) is 12.8 Å². The number of carbonyl (C=O) groups excluding carboxylic acids is 2. The van der Waals surface area contributed by atoms with Crippen LogP contribution < -0.4 is 20.1 Å². The van der Waals surface area contributed by atoms with E-state index in [2.05, 4.69) is 27.7 Å². The molecule has 0 spiro atoms. The van der Waals surface area contributed by atoms with Crippen molar-refractivity contribution in [1.82, 2.24) is 15.5 Å². The summed E-state index contributed by atoms with van der Waals surface area (Å²) >= 11 is 0. The molecule has 4 aromatic carbocycles. The minimum absolute atomic E-state index is 0.0182. The quantitative estimate of drug-likeness (QED) is 0.157. The lowest BCUT2D eigenvalue weighted by Gasteiger charge is -2.39. The molecule has 2 aliphatic heterocycles. The van der Waals surface area contributed by atoms with Crippen molar-refractivity contribution in [1.29, 1.82) is 0 Å². The second-order valence-electron chi connectivity index (χ2n) is 13.1. The van der Waals surface area contributed by atoms with E-state index in [4.69, 9.17) is 23.7 Å². The number of benzene rings is 4. The molecule has 11 nitrogen and oxygen atoms in total. The van der Waals surface area contributed by atoms with Crippen LogP contribution in [0.25, 0.3) is 0 Å². The molecule has 274 valence electrons. The zero-order valence-corrected chi connectivity index (χ0v) is 29.9. The van der Waals surface area contributed by atoms with Gasteiger partial charge >= 0.3 is 12.0 Å². The second kappa shape index (κ2) is 17.5. The number of aliphatic hydroxyl groups excluding tert-OH is 1. The molecule has 0 unspecified atom stereocenters. The summed E-state index contributed by atoms with van der Waals surface area (Å²) in [7, 11) is 4.62. The van der Waals surface area contributed by atoms with E-state index in [0.717, 1.165) is 65.4 Å². The summed E-state index contributed by atoms with van der Waals surface area (Å²) in [6.07, 6.45) is 0.982. The van der Waals surface area contributed by atoms with Crippen LogP contribution in [0.5, 0.6) is 11.5 Å². The number of esters is 1. The van der Waals surface area contributed by atoms with E-state index in [-0.39, 0.29) is 25.4 Å². The maximum absolute atomic E-state index is 12.8. The van der Waals surface area contributed by atoms with Crippen molar-refractivity contribution >= 4 is 12.0 Å². The van der Waals surface area contributed by atoms with Crippen molar-refractivity contribution in [3.63, 3.8) is 0 Å². The molecule has 0 aliphatic carbocycles. The molecular formula is C41H47N3O8. The van der Waals surface area contributed by atoms with Crippen LogP contribution in [0.3, 0.4) is 0 Å². The van der Waals surface area contributed by atoms with Gasteiger partial charge in [-0.05, 0) is 51.9 Å². The monoisotopic (exact) mass is 709 g/mol. The third-order valence-corrected chi connectivity index (χ3v) is 9.65. The zero-order chi connectivity index (χ0) is 36.5. The number of nitrogens with zero attached hydrogens (tertiary/aromatic N) is 1. The maximum Gasteiger partial charge on any atom is 0.328 e. The molecular weight excluding hydrogens is 662 g/mol. The summed E-state index contributed by atoms with van der Waals surface area (Å²) in [5.74, 6) is 0.962. The zero-order valence-electron chi connectivity index (χ0n) is 29.9. The van der Waals surface area contributed by atoms with E-state index in [1.807, 2.05) is 78.9 Å². The van der Waals surface area contributed by atoms with E-state index >= 15 is 0 Å². The van der Waals surface area contributed by atoms with Gasteiger partial charge in [0.25, 0.3) is 0 Å². The van der Waals surface area contributed by atoms with Gasteiger partial charge in [0.05, 0.1) is 40.1 Å². The van der Waals surface area contributed by atoms with E-state index < -0.39 is 24.3 Å². The van der Waals surface area contributed by atoms with Gasteiger partial charge in [0.1, 0.15) is 6.04 Å². The third kappa shape index (κ3) is 9.29. The number of amides is 2. The number of ether oxygens (including phenoxy) is 5. The van der Waals surface area contributed by atoms with Crippen LogP contribution in [0.4, 0.5) is 4.79 Å². The minimum Gasteiger partial charge on any atom is -0.493 e. The topological polar surface area (TPSA) is 128 Å². The third-order valence-electron chi connectivity index (χ3n) is 9.65. The first kappa shape index (κ1) is 36.8. The van der Waals surface area contributed by atoms with Crippen LogP contribution in [0.15, 0.2) is 91.0 Å². The molecule has 52 heavy (non-hydrogen) atoms. The number of fused-ring (bicyclic) bond motifs is 1. The van der Waals surface area contributed by atoms with E-state index in [1.165, 1.54) is 18.2 Å². The average molecular weight is 710 g/mol. The summed E-state index contributed by atoms with van der Waals surface area (Å²) in [6.45, 7) is 2.64. The van der Waals surface area contributed by atoms with Gasteiger partial charge in [-0.1, -0.05) is 78.9 Å².